The van der Waals surface area contributed by atoms with Gasteiger partial charge in [-0.25, -0.2) is 9.18 Å². The Balaban J connectivity index is 2.42. The van der Waals surface area contributed by atoms with Gasteiger partial charge >= 0.3 is 5.97 Å². The van der Waals surface area contributed by atoms with Crippen LogP contribution in [0.5, 0.6) is 0 Å². The minimum absolute atomic E-state index is 0.310. The highest BCUT2D eigenvalue weighted by Crippen LogP contribution is 2.33. The maximum atomic E-state index is 12.9. The van der Waals surface area contributed by atoms with Crippen molar-refractivity contribution < 1.29 is 13.9 Å². The molecule has 19 heavy (non-hydrogen) atoms. The Kier molecular flexibility index (Phi) is 4.11. The van der Waals surface area contributed by atoms with Gasteiger partial charge in [-0.2, -0.15) is 4.37 Å². The van der Waals surface area contributed by atoms with Crippen LogP contribution in [0.1, 0.15) is 16.6 Å². The average molecular weight is 280 g/mol. The third kappa shape index (κ3) is 2.73. The molecule has 1 aromatic carbocycles. The molecule has 0 unspecified atom stereocenters. The van der Waals surface area contributed by atoms with Crippen molar-refractivity contribution >= 4 is 23.2 Å². The lowest BCUT2D eigenvalue weighted by Crippen LogP contribution is -2.05. The number of benzene rings is 1. The van der Waals surface area contributed by atoms with Crippen LogP contribution in [0.25, 0.3) is 11.3 Å². The molecule has 100 valence electrons. The first kappa shape index (κ1) is 13.5. The maximum Gasteiger partial charge on any atom is 0.352 e. The molecule has 0 amide bonds. The molecule has 0 radical (unpaired) electrons. The second-order valence-corrected chi connectivity index (χ2v) is 4.49. The molecule has 0 aliphatic carbocycles. The van der Waals surface area contributed by atoms with E-state index in [1.165, 1.54) is 12.1 Å². The first-order valence-corrected chi connectivity index (χ1v) is 6.55. The molecule has 4 nitrogen and oxygen atoms in total. The third-order valence-corrected chi connectivity index (χ3v) is 3.35. The minimum Gasteiger partial charge on any atom is -0.462 e. The van der Waals surface area contributed by atoms with E-state index in [2.05, 4.69) is 9.69 Å². The van der Waals surface area contributed by atoms with E-state index in [1.54, 1.807) is 26.1 Å². The molecule has 2 rings (SSSR count). The summed E-state index contributed by atoms with van der Waals surface area (Å²) in [6.07, 6.45) is 0. The molecule has 0 saturated heterocycles. The maximum absolute atomic E-state index is 12.9. The zero-order valence-electron chi connectivity index (χ0n) is 10.6. The number of carbonyl (C=O) groups excluding carboxylic acids is 1. The molecule has 0 atom stereocenters. The summed E-state index contributed by atoms with van der Waals surface area (Å²) in [6.45, 7) is 2.06. The Morgan fingerprint density at radius 1 is 1.42 bits per heavy atom. The van der Waals surface area contributed by atoms with Gasteiger partial charge in [-0.15, -0.1) is 0 Å². The van der Waals surface area contributed by atoms with Gasteiger partial charge in [0.15, 0.2) is 4.88 Å². The van der Waals surface area contributed by atoms with Gasteiger partial charge in [0.1, 0.15) is 11.5 Å². The lowest BCUT2D eigenvalue weighted by atomic mass is 10.1. The van der Waals surface area contributed by atoms with Crippen LogP contribution in [0, 0.1) is 5.82 Å². The average Bonchev–Trinajstić information content (AvgIpc) is 2.83. The Bertz CT molecular complexity index is 581. The summed E-state index contributed by atoms with van der Waals surface area (Å²) < 4.78 is 22.1. The van der Waals surface area contributed by atoms with Crippen LogP contribution in [0.4, 0.5) is 10.1 Å². The predicted molar refractivity (Wildman–Crippen MR) is 73.0 cm³/mol. The van der Waals surface area contributed by atoms with Crippen molar-refractivity contribution in [1.82, 2.24) is 4.37 Å². The Hall–Kier alpha value is -1.95. The predicted octanol–water partition coefficient (Wildman–Crippen LogP) is 3.17. The van der Waals surface area contributed by atoms with Crippen molar-refractivity contribution in [3.8, 4) is 11.3 Å². The zero-order valence-corrected chi connectivity index (χ0v) is 11.4. The minimum atomic E-state index is -0.405. The van der Waals surface area contributed by atoms with E-state index in [1.807, 2.05) is 0 Å². The first-order chi connectivity index (χ1) is 9.17. The molecule has 1 N–H and O–H groups in total. The SMILES string of the molecule is CCOC(=O)c1snc(-c2ccc(F)cc2)c1NC. The van der Waals surface area contributed by atoms with Crippen LogP contribution in [0.2, 0.25) is 0 Å². The number of nitrogens with one attached hydrogen (secondary N) is 1. The van der Waals surface area contributed by atoms with Crippen molar-refractivity contribution in [2.45, 2.75) is 6.92 Å². The van der Waals surface area contributed by atoms with Crippen molar-refractivity contribution in [2.24, 2.45) is 0 Å². The molecular formula is C13H13FN2O2S. The summed E-state index contributed by atoms with van der Waals surface area (Å²) in [5.41, 5.74) is 1.98. The van der Waals surface area contributed by atoms with Crippen LogP contribution in [0.15, 0.2) is 24.3 Å². The molecule has 0 saturated carbocycles. The number of nitrogens with zero attached hydrogens (tertiary/aromatic N) is 1. The molecule has 6 heteroatoms. The Morgan fingerprint density at radius 2 is 2.11 bits per heavy atom. The van der Waals surface area contributed by atoms with Gasteiger partial charge in [-0.1, -0.05) is 0 Å². The van der Waals surface area contributed by atoms with E-state index >= 15 is 0 Å². The van der Waals surface area contributed by atoms with Crippen molar-refractivity contribution in [1.29, 1.82) is 0 Å². The second kappa shape index (κ2) is 5.79. The number of hydrogen-bond donors (Lipinski definition) is 1. The van der Waals surface area contributed by atoms with E-state index in [9.17, 15) is 9.18 Å². The number of aromatic nitrogens is 1. The number of anilines is 1. The number of ether oxygens (including phenoxy) is 1. The number of hydrogen-bond acceptors (Lipinski definition) is 5. The third-order valence-electron chi connectivity index (χ3n) is 2.52. The fourth-order valence-electron chi connectivity index (χ4n) is 1.66. The number of rotatable bonds is 4. The molecule has 0 bridgehead atoms. The van der Waals surface area contributed by atoms with E-state index < -0.39 is 5.97 Å². The summed E-state index contributed by atoms with van der Waals surface area (Å²) >= 11 is 1.07. The molecule has 0 aliphatic heterocycles. The monoisotopic (exact) mass is 280 g/mol. The lowest BCUT2D eigenvalue weighted by molar-refractivity contribution is 0.0533. The topological polar surface area (TPSA) is 51.2 Å². The fourth-order valence-corrected chi connectivity index (χ4v) is 2.47. The summed E-state index contributed by atoms with van der Waals surface area (Å²) in [6, 6.07) is 5.97. The van der Waals surface area contributed by atoms with E-state index in [0.29, 0.717) is 22.9 Å². The molecule has 1 aromatic heterocycles. The van der Waals surface area contributed by atoms with Crippen molar-refractivity contribution in [3.05, 3.63) is 35.0 Å². The molecule has 1 heterocycles. The van der Waals surface area contributed by atoms with Gasteiger partial charge < -0.3 is 10.1 Å². The number of halogens is 1. The quantitative estimate of drug-likeness (QED) is 0.874. The lowest BCUT2D eigenvalue weighted by Gasteiger charge is -2.05. The Labute approximate surface area is 114 Å². The molecule has 0 aliphatic rings. The van der Waals surface area contributed by atoms with Gasteiger partial charge in [0, 0.05) is 12.6 Å². The Morgan fingerprint density at radius 3 is 2.68 bits per heavy atom. The van der Waals surface area contributed by atoms with Gasteiger partial charge in [-0.3, -0.25) is 0 Å². The smallest absolute Gasteiger partial charge is 0.352 e. The van der Waals surface area contributed by atoms with Gasteiger partial charge in [0.2, 0.25) is 0 Å². The highest BCUT2D eigenvalue weighted by atomic mass is 32.1. The van der Waals surface area contributed by atoms with Gasteiger partial charge in [0.05, 0.1) is 12.3 Å². The zero-order chi connectivity index (χ0) is 13.8. The standard InChI is InChI=1S/C13H13FN2O2S/c1-3-18-13(17)12-11(15-2)10(16-19-12)8-4-6-9(14)7-5-8/h4-7,15H,3H2,1-2H3. The van der Waals surface area contributed by atoms with Crippen LogP contribution in [-0.4, -0.2) is 24.0 Å². The summed E-state index contributed by atoms with van der Waals surface area (Å²) in [4.78, 5) is 12.2. The van der Waals surface area contributed by atoms with Gasteiger partial charge in [0.25, 0.3) is 0 Å². The largest absolute Gasteiger partial charge is 0.462 e. The summed E-state index contributed by atoms with van der Waals surface area (Å²) in [7, 11) is 1.71. The van der Waals surface area contributed by atoms with E-state index in [-0.39, 0.29) is 5.82 Å². The molecular weight excluding hydrogens is 267 g/mol. The van der Waals surface area contributed by atoms with Crippen molar-refractivity contribution in [3.63, 3.8) is 0 Å². The van der Waals surface area contributed by atoms with Crippen LogP contribution in [0.3, 0.4) is 0 Å². The molecule has 0 fully saturated rings. The van der Waals surface area contributed by atoms with Crippen molar-refractivity contribution in [2.75, 3.05) is 19.0 Å². The summed E-state index contributed by atoms with van der Waals surface area (Å²) in [5, 5.41) is 2.95. The normalized spacial score (nSPS) is 10.3. The van der Waals surface area contributed by atoms with Gasteiger partial charge in [-0.05, 0) is 42.7 Å². The van der Waals surface area contributed by atoms with Crippen LogP contribution >= 0.6 is 11.5 Å². The highest BCUT2D eigenvalue weighted by Gasteiger charge is 2.20. The van der Waals surface area contributed by atoms with Crippen LogP contribution < -0.4 is 5.32 Å². The fraction of sp³-hybridized carbons (Fsp3) is 0.231. The van der Waals surface area contributed by atoms with E-state index in [4.69, 9.17) is 4.74 Å². The molecule has 0 spiro atoms. The number of carbonyl (C=O) groups is 1. The van der Waals surface area contributed by atoms with E-state index in [0.717, 1.165) is 17.1 Å². The highest BCUT2D eigenvalue weighted by molar-refractivity contribution is 7.09. The molecule has 2 aromatic rings. The number of esters is 1. The second-order valence-electron chi connectivity index (χ2n) is 3.71. The van der Waals surface area contributed by atoms with Crippen LogP contribution in [-0.2, 0) is 4.74 Å². The first-order valence-electron chi connectivity index (χ1n) is 5.77. The summed E-state index contributed by atoms with van der Waals surface area (Å²) in [5.74, 6) is -0.715.